The number of amidine groups is 1. The molecule has 1 aliphatic rings. The van der Waals surface area contributed by atoms with E-state index in [1.165, 1.54) is 11.8 Å². The van der Waals surface area contributed by atoms with Crippen molar-refractivity contribution in [3.63, 3.8) is 0 Å². The van der Waals surface area contributed by atoms with E-state index < -0.39 is 5.25 Å². The van der Waals surface area contributed by atoms with Gasteiger partial charge in [0.05, 0.1) is 12.8 Å². The van der Waals surface area contributed by atoms with Crippen LogP contribution in [-0.2, 0) is 9.59 Å². The summed E-state index contributed by atoms with van der Waals surface area (Å²) in [5, 5.41) is 5.48. The van der Waals surface area contributed by atoms with Gasteiger partial charge >= 0.3 is 0 Å². The summed E-state index contributed by atoms with van der Waals surface area (Å²) in [6.45, 7) is 0. The van der Waals surface area contributed by atoms with Gasteiger partial charge in [0.2, 0.25) is 11.8 Å². The highest BCUT2D eigenvalue weighted by atomic mass is 32.2. The molecule has 2 aromatic rings. The molecule has 1 fully saturated rings. The van der Waals surface area contributed by atoms with Crippen LogP contribution in [0.2, 0.25) is 0 Å². The van der Waals surface area contributed by atoms with Crippen molar-refractivity contribution in [1.29, 1.82) is 0 Å². The smallest absolute Gasteiger partial charge is 0.240 e. The molecule has 0 saturated carbocycles. The number of carbonyl (C=O) groups is 2. The van der Waals surface area contributed by atoms with Crippen LogP contribution in [0.1, 0.15) is 6.42 Å². The first-order valence-electron chi connectivity index (χ1n) is 7.69. The molecule has 7 heteroatoms. The van der Waals surface area contributed by atoms with E-state index in [2.05, 4.69) is 15.6 Å². The number of nitrogens with zero attached hydrogens (tertiary/aromatic N) is 1. The molecular formula is C18H17N3O3S. The molecule has 1 saturated heterocycles. The normalized spacial score (nSPS) is 18.0. The van der Waals surface area contributed by atoms with E-state index in [0.717, 1.165) is 0 Å². The lowest BCUT2D eigenvalue weighted by Gasteiger charge is -2.07. The van der Waals surface area contributed by atoms with E-state index >= 15 is 0 Å². The molecule has 128 valence electrons. The number of nitrogens with one attached hydrogen (secondary N) is 2. The zero-order valence-electron chi connectivity index (χ0n) is 13.6. The van der Waals surface area contributed by atoms with Gasteiger partial charge in [0.15, 0.2) is 5.17 Å². The van der Waals surface area contributed by atoms with Gasteiger partial charge in [-0.2, -0.15) is 0 Å². The number of anilines is 1. The van der Waals surface area contributed by atoms with Crippen LogP contribution in [0.4, 0.5) is 11.4 Å². The summed E-state index contributed by atoms with van der Waals surface area (Å²) in [6, 6.07) is 16.4. The van der Waals surface area contributed by atoms with Crippen LogP contribution in [0, 0.1) is 0 Å². The molecule has 25 heavy (non-hydrogen) atoms. The van der Waals surface area contributed by atoms with E-state index in [4.69, 9.17) is 4.74 Å². The highest BCUT2D eigenvalue weighted by molar-refractivity contribution is 8.15. The van der Waals surface area contributed by atoms with Crippen molar-refractivity contribution in [2.24, 2.45) is 4.99 Å². The molecule has 2 N–H and O–H groups in total. The molecular weight excluding hydrogens is 338 g/mol. The average Bonchev–Trinajstić information content (AvgIpc) is 2.95. The molecule has 0 radical (unpaired) electrons. The summed E-state index contributed by atoms with van der Waals surface area (Å²) in [5.41, 5.74) is 1.39. The van der Waals surface area contributed by atoms with Gasteiger partial charge in [-0.1, -0.05) is 36.0 Å². The fourth-order valence-corrected chi connectivity index (χ4v) is 3.28. The van der Waals surface area contributed by atoms with Crippen LogP contribution in [0.5, 0.6) is 5.75 Å². The molecule has 6 nitrogen and oxygen atoms in total. The first-order valence-corrected chi connectivity index (χ1v) is 8.57. The molecule has 0 aliphatic carbocycles. The van der Waals surface area contributed by atoms with Crippen molar-refractivity contribution >= 4 is 40.1 Å². The minimum atomic E-state index is -0.493. The number of aliphatic imine (C=N–C) groups is 1. The fourth-order valence-electron chi connectivity index (χ4n) is 2.29. The van der Waals surface area contributed by atoms with E-state index in [-0.39, 0.29) is 18.2 Å². The van der Waals surface area contributed by atoms with E-state index in [1.807, 2.05) is 36.4 Å². The number of ether oxygens (including phenoxy) is 1. The second-order valence-electron chi connectivity index (χ2n) is 5.33. The summed E-state index contributed by atoms with van der Waals surface area (Å²) >= 11 is 1.25. The number of carbonyl (C=O) groups excluding carboxylic acids is 2. The third kappa shape index (κ3) is 4.60. The lowest BCUT2D eigenvalue weighted by molar-refractivity contribution is -0.122. The zero-order valence-corrected chi connectivity index (χ0v) is 14.4. The Balaban J connectivity index is 1.62. The number of benzene rings is 2. The van der Waals surface area contributed by atoms with Crippen molar-refractivity contribution in [2.45, 2.75) is 11.7 Å². The Morgan fingerprint density at radius 3 is 2.80 bits per heavy atom. The van der Waals surface area contributed by atoms with Crippen molar-refractivity contribution in [3.05, 3.63) is 54.6 Å². The van der Waals surface area contributed by atoms with Crippen molar-refractivity contribution in [1.82, 2.24) is 5.32 Å². The molecule has 1 atom stereocenters. The minimum Gasteiger partial charge on any atom is -0.497 e. The molecule has 2 amide bonds. The Morgan fingerprint density at radius 2 is 2.04 bits per heavy atom. The summed E-state index contributed by atoms with van der Waals surface area (Å²) in [7, 11) is 1.58. The summed E-state index contributed by atoms with van der Waals surface area (Å²) < 4.78 is 5.15. The topological polar surface area (TPSA) is 79.8 Å². The Kier molecular flexibility index (Phi) is 5.35. The second-order valence-corrected chi connectivity index (χ2v) is 6.52. The molecule has 2 aromatic carbocycles. The number of para-hydroxylation sites is 1. The number of hydrogen-bond acceptors (Lipinski definition) is 5. The van der Waals surface area contributed by atoms with Crippen LogP contribution in [-0.4, -0.2) is 29.3 Å². The second kappa shape index (κ2) is 7.85. The molecule has 0 unspecified atom stereocenters. The summed E-state index contributed by atoms with van der Waals surface area (Å²) in [6.07, 6.45) is 0.0858. The largest absolute Gasteiger partial charge is 0.497 e. The van der Waals surface area contributed by atoms with E-state index in [9.17, 15) is 9.59 Å². The third-order valence-electron chi connectivity index (χ3n) is 3.49. The van der Waals surface area contributed by atoms with Gasteiger partial charge in [0.1, 0.15) is 11.0 Å². The van der Waals surface area contributed by atoms with Crippen LogP contribution in [0.15, 0.2) is 59.6 Å². The number of rotatable bonds is 5. The summed E-state index contributed by atoms with van der Waals surface area (Å²) in [5.74, 6) is 0.270. The maximum absolute atomic E-state index is 12.1. The molecule has 0 bridgehead atoms. The van der Waals surface area contributed by atoms with Crippen LogP contribution in [0.25, 0.3) is 0 Å². The number of amides is 2. The molecule has 1 heterocycles. The third-order valence-corrected chi connectivity index (χ3v) is 4.57. The van der Waals surface area contributed by atoms with Crippen LogP contribution >= 0.6 is 11.8 Å². The van der Waals surface area contributed by atoms with Gasteiger partial charge in [-0.05, 0) is 24.3 Å². The van der Waals surface area contributed by atoms with Gasteiger partial charge in [-0.3, -0.25) is 9.59 Å². The maximum atomic E-state index is 12.1. The molecule has 3 rings (SSSR count). The Bertz CT molecular complexity index is 808. The van der Waals surface area contributed by atoms with Crippen molar-refractivity contribution in [3.8, 4) is 5.75 Å². The van der Waals surface area contributed by atoms with E-state index in [1.54, 1.807) is 25.3 Å². The van der Waals surface area contributed by atoms with Gasteiger partial charge in [0.25, 0.3) is 0 Å². The monoisotopic (exact) mass is 355 g/mol. The van der Waals surface area contributed by atoms with Crippen molar-refractivity contribution < 1.29 is 14.3 Å². The van der Waals surface area contributed by atoms with Gasteiger partial charge in [0, 0.05) is 18.2 Å². The number of thioether (sulfide) groups is 1. The van der Waals surface area contributed by atoms with Gasteiger partial charge < -0.3 is 15.4 Å². The first kappa shape index (κ1) is 17.0. The molecule has 1 aliphatic heterocycles. The summed E-state index contributed by atoms with van der Waals surface area (Å²) in [4.78, 5) is 28.6. The average molecular weight is 355 g/mol. The predicted molar refractivity (Wildman–Crippen MR) is 99.3 cm³/mol. The SMILES string of the molecule is COc1cccc(N=C2NC(=O)[C@@H](CC(=O)Nc3ccccc3)S2)c1. The molecule has 0 aromatic heterocycles. The van der Waals surface area contributed by atoms with Gasteiger partial charge in [-0.25, -0.2) is 4.99 Å². The Hall–Kier alpha value is -2.80. The van der Waals surface area contributed by atoms with Gasteiger partial charge in [-0.15, -0.1) is 0 Å². The molecule has 0 spiro atoms. The highest BCUT2D eigenvalue weighted by Crippen LogP contribution is 2.27. The van der Waals surface area contributed by atoms with E-state index in [0.29, 0.717) is 22.3 Å². The standard InChI is InChI=1S/C18H17N3O3S/c1-24-14-9-5-8-13(10-14)20-18-21-17(23)15(25-18)11-16(22)19-12-6-3-2-4-7-12/h2-10,15H,11H2,1H3,(H,19,22)(H,20,21,23)/t15-/m1/s1. The lowest BCUT2D eigenvalue weighted by Crippen LogP contribution is -2.28. The van der Waals surface area contributed by atoms with Crippen LogP contribution in [0.3, 0.4) is 0 Å². The Morgan fingerprint density at radius 1 is 1.24 bits per heavy atom. The van der Waals surface area contributed by atoms with Crippen molar-refractivity contribution in [2.75, 3.05) is 12.4 Å². The quantitative estimate of drug-likeness (QED) is 0.864. The fraction of sp³-hybridized carbons (Fsp3) is 0.167. The number of methoxy groups -OCH3 is 1. The maximum Gasteiger partial charge on any atom is 0.240 e. The highest BCUT2D eigenvalue weighted by Gasteiger charge is 2.32. The zero-order chi connectivity index (χ0) is 17.6. The minimum absolute atomic E-state index is 0.0858. The Labute approximate surface area is 149 Å². The predicted octanol–water partition coefficient (Wildman–Crippen LogP) is 2.94. The lowest BCUT2D eigenvalue weighted by atomic mass is 10.2. The number of hydrogen-bond donors (Lipinski definition) is 2. The van der Waals surface area contributed by atoms with Crippen LogP contribution < -0.4 is 15.4 Å². The first-order chi connectivity index (χ1) is 12.1.